The zero-order chi connectivity index (χ0) is 17.7. The zero-order valence-corrected chi connectivity index (χ0v) is 14.1. The second-order valence-corrected chi connectivity index (χ2v) is 6.37. The number of amides is 2. The maximum atomic E-state index is 12.6. The second-order valence-electron chi connectivity index (χ2n) is 6.37. The smallest absolute Gasteiger partial charge is 0.308 e. The third kappa shape index (κ3) is 4.34. The van der Waals surface area contributed by atoms with Gasteiger partial charge >= 0.3 is 5.97 Å². The van der Waals surface area contributed by atoms with Crippen molar-refractivity contribution < 1.29 is 19.5 Å². The van der Waals surface area contributed by atoms with Crippen LogP contribution in [0.5, 0.6) is 0 Å². The van der Waals surface area contributed by atoms with Gasteiger partial charge in [-0.05, 0) is 18.4 Å². The van der Waals surface area contributed by atoms with E-state index in [0.29, 0.717) is 13.0 Å². The zero-order valence-electron chi connectivity index (χ0n) is 14.1. The molecule has 1 aromatic carbocycles. The summed E-state index contributed by atoms with van der Waals surface area (Å²) in [6.45, 7) is 2.29. The minimum absolute atomic E-state index is 0.0586. The first-order chi connectivity index (χ1) is 11.4. The summed E-state index contributed by atoms with van der Waals surface area (Å²) in [5, 5.41) is 8.98. The molecule has 6 nitrogen and oxygen atoms in total. The van der Waals surface area contributed by atoms with Crippen molar-refractivity contribution in [2.75, 3.05) is 20.1 Å². The Morgan fingerprint density at radius 2 is 1.96 bits per heavy atom. The molecule has 1 aromatic rings. The number of benzene rings is 1. The summed E-state index contributed by atoms with van der Waals surface area (Å²) in [6.07, 6.45) is 1.70. The van der Waals surface area contributed by atoms with E-state index in [9.17, 15) is 14.4 Å². The van der Waals surface area contributed by atoms with Gasteiger partial charge in [0.2, 0.25) is 11.8 Å². The predicted octanol–water partition coefficient (Wildman–Crippen LogP) is 1.40. The maximum absolute atomic E-state index is 12.6. The lowest BCUT2D eigenvalue weighted by molar-refractivity contribution is -0.146. The number of hydrogen-bond acceptors (Lipinski definition) is 3. The molecule has 6 heteroatoms. The average molecular weight is 332 g/mol. The summed E-state index contributed by atoms with van der Waals surface area (Å²) in [4.78, 5) is 39.2. The molecule has 1 fully saturated rings. The van der Waals surface area contributed by atoms with Crippen LogP contribution in [0.4, 0.5) is 0 Å². The van der Waals surface area contributed by atoms with Crippen LogP contribution in [0.15, 0.2) is 30.3 Å². The number of likely N-dealkylation sites (N-methyl/N-ethyl adjacent to an activating group) is 1. The number of rotatable bonds is 6. The molecule has 0 radical (unpaired) electrons. The Labute approximate surface area is 142 Å². The molecule has 2 atom stereocenters. The molecule has 1 aliphatic heterocycles. The van der Waals surface area contributed by atoms with Crippen molar-refractivity contribution >= 4 is 17.8 Å². The lowest BCUT2D eigenvalue weighted by Crippen LogP contribution is -2.48. The van der Waals surface area contributed by atoms with Gasteiger partial charge in [-0.2, -0.15) is 0 Å². The SMILES string of the molecule is CC(CN(C)C(=O)C1CCCN1C(=O)Cc1ccccc1)C(=O)O. The Morgan fingerprint density at radius 3 is 2.58 bits per heavy atom. The Hall–Kier alpha value is -2.37. The molecule has 1 saturated heterocycles. The maximum Gasteiger partial charge on any atom is 0.308 e. The van der Waals surface area contributed by atoms with Crippen LogP contribution in [0.2, 0.25) is 0 Å². The number of likely N-dealkylation sites (tertiary alicyclic amines) is 1. The van der Waals surface area contributed by atoms with E-state index in [0.717, 1.165) is 12.0 Å². The Bertz CT molecular complexity index is 602. The first kappa shape index (κ1) is 18.0. The quantitative estimate of drug-likeness (QED) is 0.854. The summed E-state index contributed by atoms with van der Waals surface area (Å²) in [7, 11) is 1.60. The molecular weight excluding hydrogens is 308 g/mol. The van der Waals surface area contributed by atoms with Gasteiger partial charge in [-0.1, -0.05) is 37.3 Å². The molecule has 0 aromatic heterocycles. The normalized spacial score (nSPS) is 18.2. The van der Waals surface area contributed by atoms with Crippen molar-refractivity contribution in [3.05, 3.63) is 35.9 Å². The third-order valence-electron chi connectivity index (χ3n) is 4.40. The van der Waals surface area contributed by atoms with E-state index in [1.807, 2.05) is 30.3 Å². The van der Waals surface area contributed by atoms with Crippen molar-refractivity contribution in [1.29, 1.82) is 0 Å². The standard InChI is InChI=1S/C18H24N2O4/c1-13(18(23)24)12-19(2)17(22)15-9-6-10-20(15)16(21)11-14-7-4-3-5-8-14/h3-5,7-8,13,15H,6,9-12H2,1-2H3,(H,23,24). The molecular formula is C18H24N2O4. The summed E-state index contributed by atoms with van der Waals surface area (Å²) < 4.78 is 0. The van der Waals surface area contributed by atoms with Crippen LogP contribution in [0.1, 0.15) is 25.3 Å². The highest BCUT2D eigenvalue weighted by Crippen LogP contribution is 2.21. The molecule has 1 heterocycles. The van der Waals surface area contributed by atoms with Crippen molar-refractivity contribution in [3.63, 3.8) is 0 Å². The molecule has 1 N–H and O–H groups in total. The number of carbonyl (C=O) groups is 3. The Balaban J connectivity index is 2.00. The Morgan fingerprint density at radius 1 is 1.29 bits per heavy atom. The van der Waals surface area contributed by atoms with Crippen molar-refractivity contribution in [1.82, 2.24) is 9.80 Å². The van der Waals surface area contributed by atoms with E-state index >= 15 is 0 Å². The van der Waals surface area contributed by atoms with E-state index < -0.39 is 17.9 Å². The third-order valence-corrected chi connectivity index (χ3v) is 4.40. The van der Waals surface area contributed by atoms with Gasteiger partial charge < -0.3 is 14.9 Å². The van der Waals surface area contributed by atoms with Crippen molar-refractivity contribution in [2.24, 2.45) is 5.92 Å². The van der Waals surface area contributed by atoms with Crippen LogP contribution >= 0.6 is 0 Å². The van der Waals surface area contributed by atoms with Crippen molar-refractivity contribution in [2.45, 2.75) is 32.2 Å². The van der Waals surface area contributed by atoms with Gasteiger partial charge in [0.1, 0.15) is 6.04 Å². The van der Waals surface area contributed by atoms with Crippen molar-refractivity contribution in [3.8, 4) is 0 Å². The van der Waals surface area contributed by atoms with Crippen LogP contribution in [-0.2, 0) is 20.8 Å². The lowest BCUT2D eigenvalue weighted by atomic mass is 10.1. The number of nitrogens with zero attached hydrogens (tertiary/aromatic N) is 2. The fourth-order valence-electron chi connectivity index (χ4n) is 3.03. The van der Waals surface area contributed by atoms with Gasteiger partial charge in [-0.25, -0.2) is 0 Å². The Kier molecular flexibility index (Phi) is 5.95. The largest absolute Gasteiger partial charge is 0.481 e. The summed E-state index contributed by atoms with van der Waals surface area (Å²) in [5.74, 6) is -1.80. The van der Waals surface area contributed by atoms with Gasteiger partial charge in [-0.3, -0.25) is 14.4 Å². The highest BCUT2D eigenvalue weighted by Gasteiger charge is 2.36. The predicted molar refractivity (Wildman–Crippen MR) is 89.3 cm³/mol. The van der Waals surface area contributed by atoms with Crippen LogP contribution in [0, 0.1) is 5.92 Å². The van der Waals surface area contributed by atoms with Gasteiger partial charge in [0.15, 0.2) is 0 Å². The summed E-state index contributed by atoms with van der Waals surface area (Å²) in [6, 6.07) is 8.98. The fraction of sp³-hybridized carbons (Fsp3) is 0.500. The molecule has 2 rings (SSSR count). The van der Waals surface area contributed by atoms with Gasteiger partial charge in [0.05, 0.1) is 12.3 Å². The van der Waals surface area contributed by atoms with E-state index in [2.05, 4.69) is 0 Å². The minimum Gasteiger partial charge on any atom is -0.481 e. The summed E-state index contributed by atoms with van der Waals surface area (Å²) >= 11 is 0. The lowest BCUT2D eigenvalue weighted by Gasteiger charge is -2.29. The van der Waals surface area contributed by atoms with Crippen LogP contribution in [0.25, 0.3) is 0 Å². The van der Waals surface area contributed by atoms with Crippen LogP contribution in [0.3, 0.4) is 0 Å². The monoisotopic (exact) mass is 332 g/mol. The molecule has 2 amide bonds. The first-order valence-electron chi connectivity index (χ1n) is 8.21. The molecule has 0 saturated carbocycles. The van der Waals surface area contributed by atoms with Gasteiger partial charge in [0, 0.05) is 20.1 Å². The van der Waals surface area contributed by atoms with Crippen LogP contribution < -0.4 is 0 Å². The number of hydrogen-bond donors (Lipinski definition) is 1. The molecule has 1 aliphatic rings. The molecule has 24 heavy (non-hydrogen) atoms. The van der Waals surface area contributed by atoms with Gasteiger partial charge in [-0.15, -0.1) is 0 Å². The van der Waals surface area contributed by atoms with E-state index in [-0.39, 0.29) is 24.8 Å². The molecule has 0 spiro atoms. The molecule has 130 valence electrons. The van der Waals surface area contributed by atoms with Crippen LogP contribution in [-0.4, -0.2) is 58.9 Å². The van der Waals surface area contributed by atoms with E-state index in [1.54, 1.807) is 18.9 Å². The second kappa shape index (κ2) is 7.95. The number of carboxylic acids is 1. The minimum atomic E-state index is -0.932. The highest BCUT2D eigenvalue weighted by molar-refractivity contribution is 5.89. The average Bonchev–Trinajstić information content (AvgIpc) is 3.04. The first-order valence-corrected chi connectivity index (χ1v) is 8.21. The molecule has 2 unspecified atom stereocenters. The van der Waals surface area contributed by atoms with E-state index in [4.69, 9.17) is 5.11 Å². The number of carboxylic acid groups (broad SMARTS) is 1. The van der Waals surface area contributed by atoms with E-state index in [1.165, 1.54) is 4.90 Å². The highest BCUT2D eigenvalue weighted by atomic mass is 16.4. The number of carbonyl (C=O) groups excluding carboxylic acids is 2. The number of aliphatic carboxylic acids is 1. The molecule has 0 bridgehead atoms. The molecule has 0 aliphatic carbocycles. The van der Waals surface area contributed by atoms with Gasteiger partial charge in [0.25, 0.3) is 0 Å². The summed E-state index contributed by atoms with van der Waals surface area (Å²) in [5.41, 5.74) is 0.924. The fourth-order valence-corrected chi connectivity index (χ4v) is 3.03. The topological polar surface area (TPSA) is 77.9 Å².